The van der Waals surface area contributed by atoms with E-state index in [4.69, 9.17) is 0 Å². The van der Waals surface area contributed by atoms with Crippen LogP contribution in [0.3, 0.4) is 0 Å². The summed E-state index contributed by atoms with van der Waals surface area (Å²) in [6.45, 7) is 3.57. The van der Waals surface area contributed by atoms with E-state index >= 15 is 0 Å². The summed E-state index contributed by atoms with van der Waals surface area (Å²) in [5.74, 6) is 4.56. The van der Waals surface area contributed by atoms with Crippen LogP contribution < -0.4 is 0 Å². The first-order valence-corrected chi connectivity index (χ1v) is 7.01. The molecule has 0 aliphatic heterocycles. The third-order valence-corrected chi connectivity index (χ3v) is 3.14. The van der Waals surface area contributed by atoms with Crippen molar-refractivity contribution in [3.8, 4) is 11.8 Å². The van der Waals surface area contributed by atoms with Crippen LogP contribution in [0.2, 0.25) is 0 Å². The van der Waals surface area contributed by atoms with Crippen LogP contribution in [0.5, 0.6) is 0 Å². The van der Waals surface area contributed by atoms with E-state index in [1.54, 1.807) is 0 Å². The zero-order valence-corrected chi connectivity index (χ0v) is 12.7. The highest BCUT2D eigenvalue weighted by molar-refractivity contribution is 6.04. The molecule has 2 aromatic carbocycles. The molecule has 0 aromatic heterocycles. The molecular weight excluding hydrogens is 274 g/mol. The third kappa shape index (κ3) is 4.32. The number of carbonyl (C=O) groups excluding carboxylic acids is 2. The highest BCUT2D eigenvalue weighted by Crippen LogP contribution is 2.06. The SMILES string of the molecule is CC(=O)N(Cc1ccccc1)C(=O)C#Cc1cccc(C)c1. The van der Waals surface area contributed by atoms with Crippen LogP contribution in [0.1, 0.15) is 23.6 Å². The summed E-state index contributed by atoms with van der Waals surface area (Å²) in [5, 5.41) is 0. The summed E-state index contributed by atoms with van der Waals surface area (Å²) in [5.41, 5.74) is 2.73. The van der Waals surface area contributed by atoms with Crippen LogP contribution in [0.25, 0.3) is 0 Å². The van der Waals surface area contributed by atoms with Crippen molar-refractivity contribution in [1.29, 1.82) is 0 Å². The van der Waals surface area contributed by atoms with Gasteiger partial charge in [0, 0.05) is 18.4 Å². The van der Waals surface area contributed by atoms with Crippen molar-refractivity contribution in [1.82, 2.24) is 4.90 Å². The minimum absolute atomic E-state index is 0.234. The Bertz CT molecular complexity index is 739. The van der Waals surface area contributed by atoms with Crippen LogP contribution in [0, 0.1) is 18.8 Å². The molecule has 0 aliphatic rings. The number of hydrogen-bond acceptors (Lipinski definition) is 2. The zero-order chi connectivity index (χ0) is 15.9. The predicted octanol–water partition coefficient (Wildman–Crippen LogP) is 2.92. The maximum atomic E-state index is 12.2. The van der Waals surface area contributed by atoms with Crippen LogP contribution in [-0.4, -0.2) is 16.7 Å². The summed E-state index contributed by atoms with van der Waals surface area (Å²) in [6.07, 6.45) is 0. The molecule has 0 unspecified atom stereocenters. The molecule has 0 bridgehead atoms. The summed E-state index contributed by atoms with van der Waals surface area (Å²) in [7, 11) is 0. The molecular formula is C19H17NO2. The molecule has 0 aliphatic carbocycles. The van der Waals surface area contributed by atoms with Gasteiger partial charge in [-0.05, 0) is 30.2 Å². The van der Waals surface area contributed by atoms with Crippen LogP contribution >= 0.6 is 0 Å². The first-order valence-electron chi connectivity index (χ1n) is 7.01. The first-order chi connectivity index (χ1) is 10.6. The molecule has 3 nitrogen and oxygen atoms in total. The Labute approximate surface area is 130 Å². The van der Waals surface area contributed by atoms with Crippen molar-refractivity contribution in [2.24, 2.45) is 0 Å². The van der Waals surface area contributed by atoms with Gasteiger partial charge in [0.25, 0.3) is 0 Å². The Balaban J connectivity index is 2.16. The number of hydrogen-bond donors (Lipinski definition) is 0. The Morgan fingerprint density at radius 3 is 2.41 bits per heavy atom. The van der Waals surface area contributed by atoms with Gasteiger partial charge in [-0.1, -0.05) is 48.4 Å². The predicted molar refractivity (Wildman–Crippen MR) is 85.7 cm³/mol. The van der Waals surface area contributed by atoms with Crippen molar-refractivity contribution in [3.05, 3.63) is 71.3 Å². The van der Waals surface area contributed by atoms with E-state index in [-0.39, 0.29) is 12.5 Å². The largest absolute Gasteiger partial charge is 0.305 e. The Hall–Kier alpha value is -2.86. The van der Waals surface area contributed by atoms with Gasteiger partial charge in [-0.15, -0.1) is 0 Å². The lowest BCUT2D eigenvalue weighted by Gasteiger charge is -2.16. The fourth-order valence-corrected chi connectivity index (χ4v) is 2.01. The topological polar surface area (TPSA) is 37.4 Å². The zero-order valence-electron chi connectivity index (χ0n) is 12.7. The Morgan fingerprint density at radius 1 is 1.05 bits per heavy atom. The molecule has 3 heteroatoms. The standard InChI is InChI=1S/C19H17NO2/c1-15-7-6-10-17(13-15)11-12-19(22)20(16(2)21)14-18-8-4-3-5-9-18/h3-10,13H,14H2,1-2H3. The lowest BCUT2D eigenvalue weighted by molar-refractivity contribution is -0.140. The van der Waals surface area contributed by atoms with Gasteiger partial charge >= 0.3 is 5.91 Å². The van der Waals surface area contributed by atoms with E-state index in [2.05, 4.69) is 11.8 Å². The molecule has 2 aromatic rings. The van der Waals surface area contributed by atoms with Crippen LogP contribution in [0.4, 0.5) is 0 Å². The number of benzene rings is 2. The van der Waals surface area contributed by atoms with Crippen LogP contribution in [-0.2, 0) is 16.1 Å². The second kappa shape index (κ2) is 7.24. The van der Waals surface area contributed by atoms with E-state index < -0.39 is 5.91 Å². The molecule has 110 valence electrons. The normalized spacial score (nSPS) is 9.55. The third-order valence-electron chi connectivity index (χ3n) is 3.14. The van der Waals surface area contributed by atoms with Gasteiger partial charge in [-0.25, -0.2) is 0 Å². The van der Waals surface area contributed by atoms with E-state index in [1.165, 1.54) is 6.92 Å². The highest BCUT2D eigenvalue weighted by Gasteiger charge is 2.16. The number of carbonyl (C=O) groups is 2. The lowest BCUT2D eigenvalue weighted by atomic mass is 10.1. The van der Waals surface area contributed by atoms with Crippen molar-refractivity contribution < 1.29 is 9.59 Å². The van der Waals surface area contributed by atoms with Crippen molar-refractivity contribution in [2.75, 3.05) is 0 Å². The van der Waals surface area contributed by atoms with Gasteiger partial charge in [0.15, 0.2) is 0 Å². The highest BCUT2D eigenvalue weighted by atomic mass is 16.2. The molecule has 0 spiro atoms. The number of rotatable bonds is 2. The molecule has 0 saturated heterocycles. The van der Waals surface area contributed by atoms with Crippen LogP contribution in [0.15, 0.2) is 54.6 Å². The van der Waals surface area contributed by atoms with Crippen molar-refractivity contribution >= 4 is 11.8 Å². The Kier molecular flexibility index (Phi) is 5.11. The second-order valence-corrected chi connectivity index (χ2v) is 5.02. The van der Waals surface area contributed by atoms with E-state index in [1.807, 2.05) is 61.5 Å². The Morgan fingerprint density at radius 2 is 1.77 bits per heavy atom. The fourth-order valence-electron chi connectivity index (χ4n) is 2.01. The van der Waals surface area contributed by atoms with Gasteiger partial charge in [-0.3, -0.25) is 14.5 Å². The maximum Gasteiger partial charge on any atom is 0.305 e. The number of nitrogens with zero attached hydrogens (tertiary/aromatic N) is 1. The average Bonchev–Trinajstić information content (AvgIpc) is 2.51. The summed E-state index contributed by atoms with van der Waals surface area (Å²) < 4.78 is 0. The molecule has 0 fully saturated rings. The monoisotopic (exact) mass is 291 g/mol. The van der Waals surface area contributed by atoms with Gasteiger partial charge in [0.1, 0.15) is 0 Å². The number of amides is 2. The minimum atomic E-state index is -0.488. The molecule has 0 atom stereocenters. The maximum absolute atomic E-state index is 12.2. The smallest absolute Gasteiger partial charge is 0.275 e. The fraction of sp³-hybridized carbons (Fsp3) is 0.158. The van der Waals surface area contributed by atoms with Gasteiger partial charge in [0.2, 0.25) is 5.91 Å². The number of aryl methyl sites for hydroxylation is 1. The average molecular weight is 291 g/mol. The number of imide groups is 1. The van der Waals surface area contributed by atoms with E-state index in [9.17, 15) is 9.59 Å². The molecule has 0 heterocycles. The summed E-state index contributed by atoms with van der Waals surface area (Å²) in [4.78, 5) is 25.0. The lowest BCUT2D eigenvalue weighted by Crippen LogP contribution is -2.33. The quantitative estimate of drug-likeness (QED) is 0.798. The van der Waals surface area contributed by atoms with Gasteiger partial charge < -0.3 is 0 Å². The summed E-state index contributed by atoms with van der Waals surface area (Å²) in [6, 6.07) is 17.0. The van der Waals surface area contributed by atoms with E-state index in [0.29, 0.717) is 0 Å². The van der Waals surface area contributed by atoms with Crippen molar-refractivity contribution in [2.45, 2.75) is 20.4 Å². The molecule has 2 rings (SSSR count). The van der Waals surface area contributed by atoms with Gasteiger partial charge in [0.05, 0.1) is 6.54 Å². The molecule has 0 radical (unpaired) electrons. The minimum Gasteiger partial charge on any atom is -0.275 e. The van der Waals surface area contributed by atoms with E-state index in [0.717, 1.165) is 21.6 Å². The molecule has 0 saturated carbocycles. The summed E-state index contributed by atoms with van der Waals surface area (Å²) >= 11 is 0. The van der Waals surface area contributed by atoms with Gasteiger partial charge in [-0.2, -0.15) is 0 Å². The van der Waals surface area contributed by atoms with Crippen molar-refractivity contribution in [3.63, 3.8) is 0 Å². The first kappa shape index (κ1) is 15.5. The molecule has 0 N–H and O–H groups in total. The second-order valence-electron chi connectivity index (χ2n) is 5.02. The molecule has 22 heavy (non-hydrogen) atoms. The molecule has 2 amide bonds.